The van der Waals surface area contributed by atoms with Crippen LogP contribution in [0.2, 0.25) is 0 Å². The van der Waals surface area contributed by atoms with Gasteiger partial charge in [0.1, 0.15) is 0 Å². The molecule has 0 saturated heterocycles. The molecule has 0 spiro atoms. The summed E-state index contributed by atoms with van der Waals surface area (Å²) in [5, 5.41) is 0. The lowest BCUT2D eigenvalue weighted by Crippen LogP contribution is -2.35. The minimum Gasteiger partial charge on any atom is -0.0670 e. The van der Waals surface area contributed by atoms with Gasteiger partial charge in [-0.2, -0.15) is 0 Å². The second-order valence-electron chi connectivity index (χ2n) is 4.76. The lowest BCUT2D eigenvalue weighted by molar-refractivity contribution is 0.242. The molecular formula is C12H18. The SMILES string of the molecule is C1CC[C@@H]2C(=C3CCCC[C@@H]32)C1. The summed E-state index contributed by atoms with van der Waals surface area (Å²) in [7, 11) is 0. The van der Waals surface area contributed by atoms with Crippen molar-refractivity contribution in [2.75, 3.05) is 0 Å². The summed E-state index contributed by atoms with van der Waals surface area (Å²) in [5.41, 5.74) is 3.84. The quantitative estimate of drug-likeness (QED) is 0.477. The van der Waals surface area contributed by atoms with Crippen LogP contribution in [0.5, 0.6) is 0 Å². The van der Waals surface area contributed by atoms with Crippen LogP contribution in [0.25, 0.3) is 0 Å². The number of rotatable bonds is 0. The molecule has 0 aliphatic heterocycles. The molecule has 3 aliphatic carbocycles. The fourth-order valence-electron chi connectivity index (χ4n) is 3.67. The molecule has 0 aromatic heterocycles. The Hall–Kier alpha value is -0.260. The zero-order valence-electron chi connectivity index (χ0n) is 7.81. The van der Waals surface area contributed by atoms with E-state index in [2.05, 4.69) is 0 Å². The van der Waals surface area contributed by atoms with Gasteiger partial charge in [0.2, 0.25) is 0 Å². The Labute approximate surface area is 75.0 Å². The molecule has 2 atom stereocenters. The van der Waals surface area contributed by atoms with Crippen LogP contribution in [0.4, 0.5) is 0 Å². The predicted octanol–water partition coefficient (Wildman–Crippen LogP) is 3.68. The fourth-order valence-corrected chi connectivity index (χ4v) is 3.67. The van der Waals surface area contributed by atoms with Gasteiger partial charge >= 0.3 is 0 Å². The Morgan fingerprint density at radius 2 is 1.17 bits per heavy atom. The van der Waals surface area contributed by atoms with Gasteiger partial charge in [0.25, 0.3) is 0 Å². The van der Waals surface area contributed by atoms with Crippen LogP contribution >= 0.6 is 0 Å². The molecule has 3 rings (SSSR count). The molecule has 0 unspecified atom stereocenters. The van der Waals surface area contributed by atoms with Gasteiger partial charge in [-0.15, -0.1) is 0 Å². The summed E-state index contributed by atoms with van der Waals surface area (Å²) in [6.45, 7) is 0. The number of allylic oxidation sites excluding steroid dienone is 2. The third-order valence-electron chi connectivity index (χ3n) is 4.22. The van der Waals surface area contributed by atoms with Gasteiger partial charge in [-0.1, -0.05) is 24.0 Å². The van der Waals surface area contributed by atoms with Crippen LogP contribution in [0, 0.1) is 11.8 Å². The maximum atomic E-state index is 1.92. The van der Waals surface area contributed by atoms with Crippen molar-refractivity contribution in [1.82, 2.24) is 0 Å². The molecule has 2 saturated carbocycles. The van der Waals surface area contributed by atoms with E-state index in [1.54, 1.807) is 0 Å². The minimum absolute atomic E-state index is 1.08. The van der Waals surface area contributed by atoms with E-state index in [0.29, 0.717) is 0 Å². The van der Waals surface area contributed by atoms with Crippen LogP contribution in [0.1, 0.15) is 51.4 Å². The van der Waals surface area contributed by atoms with Crippen LogP contribution in [0.15, 0.2) is 11.1 Å². The van der Waals surface area contributed by atoms with Crippen molar-refractivity contribution >= 4 is 0 Å². The monoisotopic (exact) mass is 162 g/mol. The van der Waals surface area contributed by atoms with Gasteiger partial charge in [-0.3, -0.25) is 0 Å². The van der Waals surface area contributed by atoms with E-state index < -0.39 is 0 Å². The van der Waals surface area contributed by atoms with E-state index in [0.717, 1.165) is 11.8 Å². The molecule has 0 bridgehead atoms. The van der Waals surface area contributed by atoms with Crippen LogP contribution in [0.3, 0.4) is 0 Å². The first-order valence-corrected chi connectivity index (χ1v) is 5.68. The molecule has 0 heterocycles. The smallest absolute Gasteiger partial charge is 0.0135 e. The highest BCUT2D eigenvalue weighted by atomic mass is 14.5. The first kappa shape index (κ1) is 7.17. The molecule has 0 radical (unpaired) electrons. The van der Waals surface area contributed by atoms with E-state index in [4.69, 9.17) is 0 Å². The largest absolute Gasteiger partial charge is 0.0670 e. The lowest BCUT2D eigenvalue weighted by atomic mass is 9.57. The molecule has 0 amide bonds. The number of hydrogen-bond donors (Lipinski definition) is 0. The maximum absolute atomic E-state index is 1.92. The maximum Gasteiger partial charge on any atom is -0.0135 e. The van der Waals surface area contributed by atoms with Gasteiger partial charge in [-0.05, 0) is 50.4 Å². The highest BCUT2D eigenvalue weighted by molar-refractivity contribution is 5.34. The fraction of sp³-hybridized carbons (Fsp3) is 0.833. The van der Waals surface area contributed by atoms with Crippen LogP contribution in [-0.2, 0) is 0 Å². The van der Waals surface area contributed by atoms with E-state index in [1.165, 1.54) is 51.4 Å². The molecule has 2 fully saturated rings. The van der Waals surface area contributed by atoms with Crippen molar-refractivity contribution < 1.29 is 0 Å². The summed E-state index contributed by atoms with van der Waals surface area (Å²) < 4.78 is 0. The van der Waals surface area contributed by atoms with Crippen molar-refractivity contribution in [3.63, 3.8) is 0 Å². The first-order valence-electron chi connectivity index (χ1n) is 5.68. The third kappa shape index (κ3) is 0.841. The van der Waals surface area contributed by atoms with Gasteiger partial charge in [0.05, 0.1) is 0 Å². The Balaban J connectivity index is 1.88. The molecular weight excluding hydrogens is 144 g/mol. The first-order chi connectivity index (χ1) is 5.97. The normalized spacial score (nSPS) is 40.0. The van der Waals surface area contributed by atoms with Gasteiger partial charge in [-0.25, -0.2) is 0 Å². The van der Waals surface area contributed by atoms with Crippen molar-refractivity contribution in [2.45, 2.75) is 51.4 Å². The molecule has 12 heavy (non-hydrogen) atoms. The topological polar surface area (TPSA) is 0 Å². The minimum atomic E-state index is 1.08. The van der Waals surface area contributed by atoms with Crippen molar-refractivity contribution in [3.05, 3.63) is 11.1 Å². The molecule has 0 aromatic carbocycles. The highest BCUT2D eigenvalue weighted by Crippen LogP contribution is 2.54. The van der Waals surface area contributed by atoms with Crippen molar-refractivity contribution in [1.29, 1.82) is 0 Å². The zero-order chi connectivity index (χ0) is 7.97. The molecule has 0 aromatic rings. The Kier molecular flexibility index (Phi) is 1.56. The van der Waals surface area contributed by atoms with Gasteiger partial charge < -0.3 is 0 Å². The lowest BCUT2D eigenvalue weighted by Gasteiger charge is -2.48. The van der Waals surface area contributed by atoms with Gasteiger partial charge in [0.15, 0.2) is 0 Å². The van der Waals surface area contributed by atoms with Crippen molar-refractivity contribution in [2.24, 2.45) is 11.8 Å². The van der Waals surface area contributed by atoms with Crippen LogP contribution in [-0.4, -0.2) is 0 Å². The molecule has 66 valence electrons. The van der Waals surface area contributed by atoms with Crippen molar-refractivity contribution in [3.8, 4) is 0 Å². The Morgan fingerprint density at radius 1 is 0.667 bits per heavy atom. The average Bonchev–Trinajstić information content (AvgIpc) is 2.14. The number of fused-ring (bicyclic) bond motifs is 3. The third-order valence-corrected chi connectivity index (χ3v) is 4.22. The Bertz CT molecular complexity index is 200. The summed E-state index contributed by atoms with van der Waals surface area (Å²) in [5.74, 6) is 2.16. The molecule has 0 nitrogen and oxygen atoms in total. The predicted molar refractivity (Wildman–Crippen MR) is 50.9 cm³/mol. The molecule has 3 aliphatic rings. The molecule has 0 N–H and O–H groups in total. The second kappa shape index (κ2) is 2.61. The summed E-state index contributed by atoms with van der Waals surface area (Å²) in [6.07, 6.45) is 12.0. The standard InChI is InChI=1S/C12H18/c1-2-6-10-9(5-1)11-7-3-4-8-12(10)11/h9,11H,1-8H2/t9-,11-. The van der Waals surface area contributed by atoms with Crippen LogP contribution < -0.4 is 0 Å². The van der Waals surface area contributed by atoms with E-state index in [9.17, 15) is 0 Å². The molecule has 0 heteroatoms. The average molecular weight is 162 g/mol. The summed E-state index contributed by atoms with van der Waals surface area (Å²) in [6, 6.07) is 0. The summed E-state index contributed by atoms with van der Waals surface area (Å²) >= 11 is 0. The highest BCUT2D eigenvalue weighted by Gasteiger charge is 2.41. The zero-order valence-corrected chi connectivity index (χ0v) is 7.81. The second-order valence-corrected chi connectivity index (χ2v) is 4.76. The van der Waals surface area contributed by atoms with E-state index in [-0.39, 0.29) is 0 Å². The van der Waals surface area contributed by atoms with Gasteiger partial charge in [0, 0.05) is 0 Å². The van der Waals surface area contributed by atoms with E-state index >= 15 is 0 Å². The Morgan fingerprint density at radius 3 is 1.67 bits per heavy atom. The summed E-state index contributed by atoms with van der Waals surface area (Å²) in [4.78, 5) is 0. The number of hydrogen-bond acceptors (Lipinski definition) is 0. The van der Waals surface area contributed by atoms with E-state index in [1.807, 2.05) is 11.1 Å².